The van der Waals surface area contributed by atoms with Gasteiger partial charge in [-0.3, -0.25) is 0 Å². The van der Waals surface area contributed by atoms with Crippen LogP contribution >= 0.6 is 11.6 Å². The van der Waals surface area contributed by atoms with Gasteiger partial charge in [0.25, 0.3) is 6.41 Å². The average molecular weight is 229 g/mol. The lowest BCUT2D eigenvalue weighted by Crippen LogP contribution is -2.37. The lowest BCUT2D eigenvalue weighted by molar-refractivity contribution is -0.0722. The van der Waals surface area contributed by atoms with Gasteiger partial charge in [0, 0.05) is 12.1 Å². The maximum Gasteiger partial charge on any atom is 0.432 e. The number of anilines is 1. The van der Waals surface area contributed by atoms with E-state index in [1.165, 1.54) is 12.1 Å². The van der Waals surface area contributed by atoms with E-state index in [-0.39, 0.29) is 0 Å². The summed E-state index contributed by atoms with van der Waals surface area (Å²) in [7, 11) is 1.44. The van der Waals surface area contributed by atoms with Crippen LogP contribution in [0.4, 0.5) is 10.5 Å². The lowest BCUT2D eigenvalue weighted by Gasteiger charge is -2.12. The van der Waals surface area contributed by atoms with Crippen LogP contribution in [0.1, 0.15) is 0 Å². The molecular weight excluding hydrogens is 220 g/mol. The number of halogens is 1. The molecule has 1 heterocycles. The summed E-state index contributed by atoms with van der Waals surface area (Å²) < 4.78 is 9.66. The van der Waals surface area contributed by atoms with E-state index >= 15 is 0 Å². The molecule has 0 aliphatic carbocycles. The number of benzene rings is 1. The fraction of sp³-hybridized carbons (Fsp3) is 0.222. The Bertz CT molecular complexity index is 368. The Kier molecular flexibility index (Phi) is 2.77. The van der Waals surface area contributed by atoms with Crippen LogP contribution in [0.5, 0.6) is 0 Å². The molecule has 0 aromatic heterocycles. The highest BCUT2D eigenvalue weighted by atomic mass is 35.5. The number of hydrogen-bond acceptors (Lipinski definition) is 4. The number of nitrogens with one attached hydrogen (secondary N) is 1. The van der Waals surface area contributed by atoms with Gasteiger partial charge in [-0.2, -0.15) is 5.43 Å². The molecule has 1 fully saturated rings. The quantitative estimate of drug-likeness (QED) is 0.838. The smallest absolute Gasteiger partial charge is 0.402 e. The zero-order valence-corrected chi connectivity index (χ0v) is 8.69. The Morgan fingerprint density at radius 3 is 2.67 bits per heavy atom. The molecule has 1 aromatic carbocycles. The number of rotatable bonds is 2. The summed E-state index contributed by atoms with van der Waals surface area (Å²) in [6, 6.07) is 6.78. The van der Waals surface area contributed by atoms with Crippen LogP contribution in [0.15, 0.2) is 24.3 Å². The molecule has 1 aliphatic rings. The Labute approximate surface area is 91.5 Å². The molecule has 80 valence electrons. The van der Waals surface area contributed by atoms with Crippen molar-refractivity contribution in [2.75, 3.05) is 12.1 Å². The lowest BCUT2D eigenvalue weighted by atomic mass is 10.3. The van der Waals surface area contributed by atoms with Gasteiger partial charge in [-0.05, 0) is 24.3 Å². The summed E-state index contributed by atoms with van der Waals surface area (Å²) in [5, 5.41) is 1.86. The highest BCUT2D eigenvalue weighted by Crippen LogP contribution is 2.20. The van der Waals surface area contributed by atoms with Crippen molar-refractivity contribution in [3.05, 3.63) is 29.3 Å². The summed E-state index contributed by atoms with van der Waals surface area (Å²) in [6.07, 6.45) is -1.25. The van der Waals surface area contributed by atoms with Crippen molar-refractivity contribution in [3.63, 3.8) is 0 Å². The van der Waals surface area contributed by atoms with Gasteiger partial charge in [-0.1, -0.05) is 11.6 Å². The van der Waals surface area contributed by atoms with Crippen LogP contribution < -0.4 is 10.4 Å². The third-order valence-electron chi connectivity index (χ3n) is 1.92. The number of nitrogens with zero attached hydrogens (tertiary/aromatic N) is 1. The van der Waals surface area contributed by atoms with E-state index in [1.807, 2.05) is 0 Å². The number of ether oxygens (including phenoxy) is 2. The Balaban J connectivity index is 2.18. The van der Waals surface area contributed by atoms with Crippen molar-refractivity contribution in [1.82, 2.24) is 5.43 Å². The second-order valence-electron chi connectivity index (χ2n) is 2.89. The first-order valence-electron chi connectivity index (χ1n) is 4.26. The average Bonchev–Trinajstić information content (AvgIpc) is 2.61. The van der Waals surface area contributed by atoms with E-state index in [0.717, 1.165) is 0 Å². The summed E-state index contributed by atoms with van der Waals surface area (Å²) >= 11 is 5.73. The fourth-order valence-corrected chi connectivity index (χ4v) is 1.33. The van der Waals surface area contributed by atoms with Gasteiger partial charge in [0.15, 0.2) is 0 Å². The standard InChI is InChI=1S/C9H9ClN2O3/c1-14-8-11-12(9(13)15-8)7-4-2-6(10)3-5-7/h2-5,8,11H,1H3. The summed E-state index contributed by atoms with van der Waals surface area (Å²) in [4.78, 5) is 11.4. The predicted octanol–water partition coefficient (Wildman–Crippen LogP) is 1.73. The van der Waals surface area contributed by atoms with Gasteiger partial charge < -0.3 is 9.47 Å². The van der Waals surface area contributed by atoms with Gasteiger partial charge >= 0.3 is 6.09 Å². The molecule has 6 heteroatoms. The van der Waals surface area contributed by atoms with E-state index < -0.39 is 12.5 Å². The molecule has 1 saturated heterocycles. The first-order valence-corrected chi connectivity index (χ1v) is 4.64. The first kappa shape index (κ1) is 10.2. The maximum absolute atomic E-state index is 11.4. The molecule has 1 aliphatic heterocycles. The minimum Gasteiger partial charge on any atom is -0.402 e. The molecular formula is C9H9ClN2O3. The molecule has 0 radical (unpaired) electrons. The van der Waals surface area contributed by atoms with Gasteiger partial charge in [-0.15, -0.1) is 0 Å². The SMILES string of the molecule is COC1NN(c2ccc(Cl)cc2)C(=O)O1. The third-order valence-corrected chi connectivity index (χ3v) is 2.18. The number of cyclic esters (lactones) is 1. The number of methoxy groups -OCH3 is 1. The van der Waals surface area contributed by atoms with E-state index in [1.54, 1.807) is 24.3 Å². The Morgan fingerprint density at radius 2 is 2.13 bits per heavy atom. The van der Waals surface area contributed by atoms with E-state index in [0.29, 0.717) is 10.7 Å². The number of amides is 1. The molecule has 0 saturated carbocycles. The molecule has 15 heavy (non-hydrogen) atoms. The van der Waals surface area contributed by atoms with Crippen molar-refractivity contribution in [2.24, 2.45) is 0 Å². The Hall–Kier alpha value is -1.30. The monoisotopic (exact) mass is 228 g/mol. The van der Waals surface area contributed by atoms with Crippen LogP contribution in [0.3, 0.4) is 0 Å². The van der Waals surface area contributed by atoms with E-state index in [9.17, 15) is 4.79 Å². The van der Waals surface area contributed by atoms with Crippen molar-refractivity contribution in [1.29, 1.82) is 0 Å². The molecule has 1 atom stereocenters. The summed E-state index contributed by atoms with van der Waals surface area (Å²) in [6.45, 7) is 0. The number of carbonyl (C=O) groups is 1. The van der Waals surface area contributed by atoms with Crippen molar-refractivity contribution < 1.29 is 14.3 Å². The fourth-order valence-electron chi connectivity index (χ4n) is 1.20. The van der Waals surface area contributed by atoms with E-state index in [4.69, 9.17) is 21.1 Å². The molecule has 1 N–H and O–H groups in total. The molecule has 2 rings (SSSR count). The first-order chi connectivity index (χ1) is 7.20. The third kappa shape index (κ3) is 2.04. The second-order valence-corrected chi connectivity index (χ2v) is 3.33. The number of hydrogen-bond donors (Lipinski definition) is 1. The van der Waals surface area contributed by atoms with Crippen molar-refractivity contribution in [3.8, 4) is 0 Å². The zero-order valence-electron chi connectivity index (χ0n) is 7.94. The molecule has 5 nitrogen and oxygen atoms in total. The topological polar surface area (TPSA) is 50.8 Å². The zero-order chi connectivity index (χ0) is 10.8. The van der Waals surface area contributed by atoms with Crippen molar-refractivity contribution >= 4 is 23.4 Å². The normalized spacial score (nSPS) is 20.5. The van der Waals surface area contributed by atoms with Crippen LogP contribution in [0.2, 0.25) is 5.02 Å². The summed E-state index contributed by atoms with van der Waals surface area (Å²) in [5.74, 6) is 0. The minimum atomic E-state index is -0.742. The molecule has 1 unspecified atom stereocenters. The second kappa shape index (κ2) is 4.06. The van der Waals surface area contributed by atoms with Gasteiger partial charge in [-0.25, -0.2) is 9.80 Å². The molecule has 0 bridgehead atoms. The minimum absolute atomic E-state index is 0.510. The summed E-state index contributed by atoms with van der Waals surface area (Å²) in [5.41, 5.74) is 3.36. The van der Waals surface area contributed by atoms with Gasteiger partial charge in [0.1, 0.15) is 0 Å². The molecule has 1 amide bonds. The largest absolute Gasteiger partial charge is 0.432 e. The maximum atomic E-state index is 11.4. The molecule has 0 spiro atoms. The number of carbonyl (C=O) groups excluding carboxylic acids is 1. The van der Waals surface area contributed by atoms with E-state index in [2.05, 4.69) is 5.43 Å². The van der Waals surface area contributed by atoms with Crippen LogP contribution in [-0.2, 0) is 9.47 Å². The van der Waals surface area contributed by atoms with Crippen LogP contribution in [0.25, 0.3) is 0 Å². The highest BCUT2D eigenvalue weighted by Gasteiger charge is 2.31. The highest BCUT2D eigenvalue weighted by molar-refractivity contribution is 6.30. The van der Waals surface area contributed by atoms with Gasteiger partial charge in [0.05, 0.1) is 5.69 Å². The Morgan fingerprint density at radius 1 is 1.47 bits per heavy atom. The van der Waals surface area contributed by atoms with Crippen LogP contribution in [-0.4, -0.2) is 19.6 Å². The van der Waals surface area contributed by atoms with Gasteiger partial charge in [0.2, 0.25) is 0 Å². The van der Waals surface area contributed by atoms with Crippen molar-refractivity contribution in [2.45, 2.75) is 6.41 Å². The predicted molar refractivity (Wildman–Crippen MR) is 54.3 cm³/mol. The number of hydrazine groups is 1. The molecule has 1 aromatic rings. The van der Waals surface area contributed by atoms with Crippen LogP contribution in [0, 0.1) is 0 Å².